The molecule has 2 heterocycles. The molecule has 2 aliphatic rings. The van der Waals surface area contributed by atoms with E-state index in [0.717, 1.165) is 0 Å². The highest BCUT2D eigenvalue weighted by Gasteiger charge is 2.36. The Morgan fingerprint density at radius 3 is 1.64 bits per heavy atom. The van der Waals surface area contributed by atoms with E-state index in [1.54, 1.807) is 6.07 Å². The van der Waals surface area contributed by atoms with Crippen molar-refractivity contribution >= 4 is 35.1 Å². The number of carbonyl (C=O) groups excluding carboxylic acids is 2. The van der Waals surface area contributed by atoms with Gasteiger partial charge >= 0.3 is 11.9 Å². The van der Waals surface area contributed by atoms with E-state index in [-0.39, 0.29) is 12.8 Å². The standard InChI is InChI=1S/C14H12N2O6/c17-11-7(13(19)20)2-5-1-6-3-8(14(21)22)12(18)16-10(6)4-9(5)15-11/h1,4,7-8H,2-3H2,(H,15,17)(H,16,18)(H,19,20)(H,21,22)/t7-,8+. The minimum Gasteiger partial charge on any atom is -0.481 e. The largest absolute Gasteiger partial charge is 0.481 e. The van der Waals surface area contributed by atoms with Crippen LogP contribution in [0.15, 0.2) is 12.1 Å². The fourth-order valence-corrected chi connectivity index (χ4v) is 2.73. The summed E-state index contributed by atoms with van der Waals surface area (Å²) in [5, 5.41) is 23.1. The fourth-order valence-electron chi connectivity index (χ4n) is 2.73. The third-order valence-corrected chi connectivity index (χ3v) is 3.92. The molecule has 8 nitrogen and oxygen atoms in total. The second kappa shape index (κ2) is 4.83. The van der Waals surface area contributed by atoms with Gasteiger partial charge in [0.05, 0.1) is 0 Å². The molecule has 0 bridgehead atoms. The first-order valence-electron chi connectivity index (χ1n) is 6.60. The van der Waals surface area contributed by atoms with Gasteiger partial charge in [0.15, 0.2) is 0 Å². The highest BCUT2D eigenvalue weighted by Crippen LogP contribution is 2.35. The molecule has 4 N–H and O–H groups in total. The third-order valence-electron chi connectivity index (χ3n) is 3.92. The molecule has 1 aromatic carbocycles. The molecule has 2 atom stereocenters. The number of nitrogens with one attached hydrogen (secondary N) is 2. The van der Waals surface area contributed by atoms with Crippen molar-refractivity contribution in [3.8, 4) is 0 Å². The van der Waals surface area contributed by atoms with Crippen molar-refractivity contribution in [3.05, 3.63) is 23.3 Å². The summed E-state index contributed by atoms with van der Waals surface area (Å²) in [5.74, 6) is -5.97. The van der Waals surface area contributed by atoms with Gasteiger partial charge in [-0.25, -0.2) is 0 Å². The minimum atomic E-state index is -1.21. The molecule has 0 aliphatic carbocycles. The maximum Gasteiger partial charge on any atom is 0.316 e. The van der Waals surface area contributed by atoms with E-state index in [4.69, 9.17) is 10.2 Å². The highest BCUT2D eigenvalue weighted by molar-refractivity contribution is 6.09. The average molecular weight is 304 g/mol. The van der Waals surface area contributed by atoms with Crippen molar-refractivity contribution in [2.45, 2.75) is 12.8 Å². The zero-order chi connectivity index (χ0) is 16.0. The molecule has 0 unspecified atom stereocenters. The van der Waals surface area contributed by atoms with Crippen LogP contribution in [0.25, 0.3) is 0 Å². The molecular formula is C14H12N2O6. The summed E-state index contributed by atoms with van der Waals surface area (Å²) in [6, 6.07) is 3.19. The van der Waals surface area contributed by atoms with E-state index in [0.29, 0.717) is 22.5 Å². The molecule has 0 radical (unpaired) electrons. The zero-order valence-electron chi connectivity index (χ0n) is 11.3. The smallest absolute Gasteiger partial charge is 0.316 e. The van der Waals surface area contributed by atoms with E-state index >= 15 is 0 Å². The summed E-state index contributed by atoms with van der Waals surface area (Å²) < 4.78 is 0. The fraction of sp³-hybridized carbons (Fsp3) is 0.286. The van der Waals surface area contributed by atoms with Crippen LogP contribution in [0.5, 0.6) is 0 Å². The number of carboxylic acid groups (broad SMARTS) is 2. The number of hydrogen-bond donors (Lipinski definition) is 4. The monoisotopic (exact) mass is 304 g/mol. The Labute approximate surface area is 124 Å². The Hall–Kier alpha value is -2.90. The summed E-state index contributed by atoms with van der Waals surface area (Å²) in [6.07, 6.45) is 0.0743. The van der Waals surface area contributed by atoms with Gasteiger partial charge < -0.3 is 20.8 Å². The number of fused-ring (bicyclic) bond motifs is 2. The van der Waals surface area contributed by atoms with E-state index in [1.165, 1.54) is 6.07 Å². The number of anilines is 2. The Balaban J connectivity index is 1.99. The first kappa shape index (κ1) is 14.1. The summed E-state index contributed by atoms with van der Waals surface area (Å²) >= 11 is 0. The van der Waals surface area contributed by atoms with Crippen molar-refractivity contribution in [1.82, 2.24) is 0 Å². The van der Waals surface area contributed by atoms with Gasteiger partial charge in [-0.2, -0.15) is 0 Å². The summed E-state index contributed by atoms with van der Waals surface area (Å²) in [6.45, 7) is 0. The van der Waals surface area contributed by atoms with Gasteiger partial charge in [-0.3, -0.25) is 19.2 Å². The van der Waals surface area contributed by atoms with E-state index < -0.39 is 35.6 Å². The SMILES string of the molecule is O=C(O)[C@H]1Cc2cc3c(cc2NC1=O)NC(=O)[C@H](C(=O)O)C3. The molecule has 0 spiro atoms. The van der Waals surface area contributed by atoms with Gasteiger partial charge in [0.2, 0.25) is 11.8 Å². The van der Waals surface area contributed by atoms with Crippen LogP contribution < -0.4 is 10.6 Å². The predicted octanol–water partition coefficient (Wildman–Crippen LogP) is 0.0774. The van der Waals surface area contributed by atoms with Crippen LogP contribution in [0.3, 0.4) is 0 Å². The Morgan fingerprint density at radius 2 is 1.27 bits per heavy atom. The summed E-state index contributed by atoms with van der Waals surface area (Å²) in [7, 11) is 0. The van der Waals surface area contributed by atoms with Gasteiger partial charge in [-0.1, -0.05) is 6.07 Å². The first-order chi connectivity index (χ1) is 10.4. The lowest BCUT2D eigenvalue weighted by molar-refractivity contribution is -0.147. The molecule has 0 aromatic heterocycles. The van der Waals surface area contributed by atoms with Gasteiger partial charge in [0.25, 0.3) is 0 Å². The van der Waals surface area contributed by atoms with Crippen molar-refractivity contribution in [1.29, 1.82) is 0 Å². The van der Waals surface area contributed by atoms with E-state index in [2.05, 4.69) is 10.6 Å². The van der Waals surface area contributed by atoms with Gasteiger partial charge in [0.1, 0.15) is 11.8 Å². The van der Waals surface area contributed by atoms with Crippen LogP contribution in [-0.2, 0) is 32.0 Å². The average Bonchev–Trinajstić information content (AvgIpc) is 2.43. The lowest BCUT2D eigenvalue weighted by atomic mass is 9.87. The van der Waals surface area contributed by atoms with Crippen LogP contribution in [0.4, 0.5) is 11.4 Å². The quantitative estimate of drug-likeness (QED) is 0.572. The second-order valence-electron chi connectivity index (χ2n) is 5.33. The maximum absolute atomic E-state index is 11.7. The van der Waals surface area contributed by atoms with Crippen LogP contribution >= 0.6 is 0 Å². The second-order valence-corrected chi connectivity index (χ2v) is 5.33. The summed E-state index contributed by atoms with van der Waals surface area (Å²) in [4.78, 5) is 45.5. The summed E-state index contributed by atoms with van der Waals surface area (Å²) in [5.41, 5.74) is 2.11. The number of rotatable bonds is 2. The van der Waals surface area contributed by atoms with Crippen LogP contribution in [-0.4, -0.2) is 34.0 Å². The Morgan fingerprint density at radius 1 is 0.864 bits per heavy atom. The zero-order valence-corrected chi connectivity index (χ0v) is 11.3. The minimum absolute atomic E-state index is 0.0372. The van der Waals surface area contributed by atoms with E-state index in [1.807, 2.05) is 0 Å². The van der Waals surface area contributed by atoms with Crippen molar-refractivity contribution in [2.75, 3.05) is 10.6 Å². The highest BCUT2D eigenvalue weighted by atomic mass is 16.4. The van der Waals surface area contributed by atoms with Crippen molar-refractivity contribution in [2.24, 2.45) is 11.8 Å². The van der Waals surface area contributed by atoms with Gasteiger partial charge in [0, 0.05) is 11.4 Å². The molecule has 8 heteroatoms. The molecule has 1 aromatic rings. The van der Waals surface area contributed by atoms with Crippen molar-refractivity contribution in [3.63, 3.8) is 0 Å². The number of carbonyl (C=O) groups is 4. The third kappa shape index (κ3) is 2.18. The number of aliphatic carboxylic acids is 2. The molecule has 114 valence electrons. The molecule has 0 saturated heterocycles. The lowest BCUT2D eigenvalue weighted by Crippen LogP contribution is -2.37. The number of benzene rings is 1. The molecular weight excluding hydrogens is 292 g/mol. The molecule has 0 fully saturated rings. The van der Waals surface area contributed by atoms with Crippen LogP contribution in [0, 0.1) is 11.8 Å². The molecule has 3 rings (SSSR count). The topological polar surface area (TPSA) is 133 Å². The van der Waals surface area contributed by atoms with Gasteiger partial charge in [-0.15, -0.1) is 0 Å². The Bertz CT molecular complexity index is 669. The maximum atomic E-state index is 11.7. The lowest BCUT2D eigenvalue weighted by Gasteiger charge is -2.27. The predicted molar refractivity (Wildman–Crippen MR) is 73.4 cm³/mol. The number of hydrogen-bond acceptors (Lipinski definition) is 4. The van der Waals surface area contributed by atoms with Gasteiger partial charge in [-0.05, 0) is 30.0 Å². The Kier molecular flexibility index (Phi) is 3.09. The number of carboxylic acids is 2. The molecule has 2 aliphatic heterocycles. The molecule has 22 heavy (non-hydrogen) atoms. The van der Waals surface area contributed by atoms with E-state index in [9.17, 15) is 19.2 Å². The number of amides is 2. The van der Waals surface area contributed by atoms with Crippen LogP contribution in [0.1, 0.15) is 11.1 Å². The van der Waals surface area contributed by atoms with Crippen molar-refractivity contribution < 1.29 is 29.4 Å². The molecule has 2 amide bonds. The molecule has 0 saturated carbocycles. The van der Waals surface area contributed by atoms with Crippen LogP contribution in [0.2, 0.25) is 0 Å². The normalized spacial score (nSPS) is 22.9. The first-order valence-corrected chi connectivity index (χ1v) is 6.60.